The number of hydrogen-bond donors (Lipinski definition) is 0. The van der Waals surface area contributed by atoms with Crippen LogP contribution in [-0.4, -0.2) is 35.7 Å². The van der Waals surface area contributed by atoms with Gasteiger partial charge in [0.15, 0.2) is 0 Å². The summed E-state index contributed by atoms with van der Waals surface area (Å²) in [4.78, 5) is 21.9. The van der Waals surface area contributed by atoms with E-state index in [1.165, 1.54) is 6.07 Å². The van der Waals surface area contributed by atoms with E-state index in [0.717, 1.165) is 37.4 Å². The van der Waals surface area contributed by atoms with E-state index in [9.17, 15) is 9.18 Å². The van der Waals surface area contributed by atoms with Crippen molar-refractivity contribution in [1.82, 2.24) is 9.55 Å². The molecule has 1 aliphatic heterocycles. The van der Waals surface area contributed by atoms with Crippen LogP contribution in [0.25, 0.3) is 10.9 Å². The standard InChI is InChI=1S/C25H23FN4O/c26-22-8-4-5-9-24(22)29-14-12-28(13-15-29)20-10-11-23-21(16-20)25(31)30(18-27-23)17-19-6-2-1-3-7-19/h1-11,16,18H,12-15,17H2. The summed E-state index contributed by atoms with van der Waals surface area (Å²) in [6.45, 7) is 3.47. The van der Waals surface area contributed by atoms with Crippen LogP contribution in [0.3, 0.4) is 0 Å². The molecule has 5 nitrogen and oxygen atoms in total. The lowest BCUT2D eigenvalue weighted by Gasteiger charge is -2.37. The van der Waals surface area contributed by atoms with Gasteiger partial charge in [0, 0.05) is 31.9 Å². The SMILES string of the molecule is O=c1c2cc(N3CCN(c4ccccc4F)CC3)ccc2ncn1Cc1ccccc1. The zero-order chi connectivity index (χ0) is 21.2. The molecule has 0 amide bonds. The molecule has 6 heteroatoms. The van der Waals surface area contributed by atoms with Gasteiger partial charge < -0.3 is 9.80 Å². The summed E-state index contributed by atoms with van der Waals surface area (Å²) in [7, 11) is 0. The molecular weight excluding hydrogens is 391 g/mol. The number of para-hydroxylation sites is 1. The lowest BCUT2D eigenvalue weighted by Crippen LogP contribution is -2.46. The maximum atomic E-state index is 14.1. The van der Waals surface area contributed by atoms with Crippen molar-refractivity contribution in [3.8, 4) is 0 Å². The minimum absolute atomic E-state index is 0.0410. The van der Waals surface area contributed by atoms with Crippen molar-refractivity contribution < 1.29 is 4.39 Å². The Labute approximate surface area is 180 Å². The van der Waals surface area contributed by atoms with Crippen LogP contribution in [0.15, 0.2) is 83.9 Å². The van der Waals surface area contributed by atoms with Crippen LogP contribution in [-0.2, 0) is 6.54 Å². The Morgan fingerprint density at radius 1 is 0.839 bits per heavy atom. The highest BCUT2D eigenvalue weighted by Gasteiger charge is 2.20. The number of piperazine rings is 1. The van der Waals surface area contributed by atoms with Gasteiger partial charge in [-0.05, 0) is 35.9 Å². The molecule has 31 heavy (non-hydrogen) atoms. The summed E-state index contributed by atoms with van der Waals surface area (Å²) in [5.41, 5.74) is 3.36. The highest BCUT2D eigenvalue weighted by atomic mass is 19.1. The van der Waals surface area contributed by atoms with Gasteiger partial charge in [-0.15, -0.1) is 0 Å². The van der Waals surface area contributed by atoms with Gasteiger partial charge in [-0.25, -0.2) is 9.37 Å². The second-order valence-electron chi connectivity index (χ2n) is 7.79. The fourth-order valence-corrected chi connectivity index (χ4v) is 4.15. The number of rotatable bonds is 4. The first kappa shape index (κ1) is 19.3. The minimum Gasteiger partial charge on any atom is -0.368 e. The van der Waals surface area contributed by atoms with Crippen LogP contribution in [0.5, 0.6) is 0 Å². The Morgan fingerprint density at radius 2 is 1.55 bits per heavy atom. The molecule has 0 spiro atoms. The molecular formula is C25H23FN4O. The first-order valence-corrected chi connectivity index (χ1v) is 10.5. The average Bonchev–Trinajstić information content (AvgIpc) is 2.82. The number of hydrogen-bond acceptors (Lipinski definition) is 4. The van der Waals surface area contributed by atoms with Crippen LogP contribution >= 0.6 is 0 Å². The molecule has 1 aliphatic rings. The summed E-state index contributed by atoms with van der Waals surface area (Å²) in [6, 6.07) is 22.6. The molecule has 4 aromatic rings. The van der Waals surface area contributed by atoms with Crippen LogP contribution in [0.2, 0.25) is 0 Å². The third-order valence-electron chi connectivity index (χ3n) is 5.84. The average molecular weight is 414 g/mol. The molecule has 1 saturated heterocycles. The summed E-state index contributed by atoms with van der Waals surface area (Å²) in [5, 5.41) is 0.618. The van der Waals surface area contributed by atoms with Gasteiger partial charge in [0.05, 0.1) is 29.5 Å². The number of nitrogens with zero attached hydrogens (tertiary/aromatic N) is 4. The molecule has 0 radical (unpaired) electrons. The van der Waals surface area contributed by atoms with Crippen LogP contribution in [0.1, 0.15) is 5.56 Å². The molecule has 0 unspecified atom stereocenters. The zero-order valence-corrected chi connectivity index (χ0v) is 17.1. The first-order valence-electron chi connectivity index (χ1n) is 10.5. The van der Waals surface area contributed by atoms with E-state index in [0.29, 0.717) is 23.1 Å². The molecule has 0 N–H and O–H groups in total. The topological polar surface area (TPSA) is 41.4 Å². The first-order chi connectivity index (χ1) is 15.2. The van der Waals surface area contributed by atoms with Crippen molar-refractivity contribution in [1.29, 1.82) is 0 Å². The number of aromatic nitrogens is 2. The highest BCUT2D eigenvalue weighted by molar-refractivity contribution is 5.81. The van der Waals surface area contributed by atoms with Crippen molar-refractivity contribution in [2.75, 3.05) is 36.0 Å². The van der Waals surface area contributed by atoms with E-state index in [2.05, 4.69) is 14.8 Å². The van der Waals surface area contributed by atoms with Crippen molar-refractivity contribution in [3.63, 3.8) is 0 Å². The largest absolute Gasteiger partial charge is 0.368 e. The third kappa shape index (κ3) is 3.89. The monoisotopic (exact) mass is 414 g/mol. The molecule has 3 aromatic carbocycles. The Kier molecular flexibility index (Phi) is 5.12. The van der Waals surface area contributed by atoms with Crippen molar-refractivity contribution >= 4 is 22.3 Å². The minimum atomic E-state index is -0.188. The third-order valence-corrected chi connectivity index (χ3v) is 5.84. The zero-order valence-electron chi connectivity index (χ0n) is 17.1. The molecule has 0 saturated carbocycles. The summed E-state index contributed by atoms with van der Waals surface area (Å²) < 4.78 is 15.8. The van der Waals surface area contributed by atoms with Gasteiger partial charge in [0.1, 0.15) is 5.82 Å². The number of fused-ring (bicyclic) bond motifs is 1. The highest BCUT2D eigenvalue weighted by Crippen LogP contribution is 2.24. The van der Waals surface area contributed by atoms with E-state index in [1.54, 1.807) is 17.0 Å². The van der Waals surface area contributed by atoms with Crippen molar-refractivity contribution in [2.45, 2.75) is 6.54 Å². The lowest BCUT2D eigenvalue weighted by molar-refractivity contribution is 0.598. The molecule has 1 aromatic heterocycles. The van der Waals surface area contributed by atoms with Gasteiger partial charge in [0.2, 0.25) is 0 Å². The number of benzene rings is 3. The molecule has 0 aliphatic carbocycles. The molecule has 0 bridgehead atoms. The van der Waals surface area contributed by atoms with E-state index in [1.807, 2.05) is 60.7 Å². The van der Waals surface area contributed by atoms with Gasteiger partial charge in [-0.1, -0.05) is 42.5 Å². The summed E-state index contributed by atoms with van der Waals surface area (Å²) in [5.74, 6) is -0.188. The molecule has 5 rings (SSSR count). The fraction of sp³-hybridized carbons (Fsp3) is 0.200. The van der Waals surface area contributed by atoms with Crippen LogP contribution in [0.4, 0.5) is 15.8 Å². The van der Waals surface area contributed by atoms with Gasteiger partial charge in [-0.3, -0.25) is 9.36 Å². The Morgan fingerprint density at radius 3 is 2.32 bits per heavy atom. The smallest absolute Gasteiger partial charge is 0.261 e. The second-order valence-corrected chi connectivity index (χ2v) is 7.79. The normalized spacial score (nSPS) is 14.2. The predicted molar refractivity (Wildman–Crippen MR) is 122 cm³/mol. The Balaban J connectivity index is 1.38. The Bertz CT molecular complexity index is 1260. The number of halogens is 1. The molecule has 1 fully saturated rings. The van der Waals surface area contributed by atoms with Crippen LogP contribution < -0.4 is 15.4 Å². The van der Waals surface area contributed by atoms with E-state index in [-0.39, 0.29) is 11.4 Å². The van der Waals surface area contributed by atoms with Gasteiger partial charge in [0.25, 0.3) is 5.56 Å². The Hall–Kier alpha value is -3.67. The molecule has 0 atom stereocenters. The predicted octanol–water partition coefficient (Wildman–Crippen LogP) is 3.91. The maximum absolute atomic E-state index is 14.1. The number of anilines is 2. The summed E-state index contributed by atoms with van der Waals surface area (Å²) >= 11 is 0. The quantitative estimate of drug-likeness (QED) is 0.508. The molecule has 156 valence electrons. The summed E-state index contributed by atoms with van der Waals surface area (Å²) in [6.07, 6.45) is 1.62. The maximum Gasteiger partial charge on any atom is 0.261 e. The fourth-order valence-electron chi connectivity index (χ4n) is 4.15. The lowest BCUT2D eigenvalue weighted by atomic mass is 10.1. The second kappa shape index (κ2) is 8.22. The van der Waals surface area contributed by atoms with E-state index >= 15 is 0 Å². The van der Waals surface area contributed by atoms with Gasteiger partial charge >= 0.3 is 0 Å². The van der Waals surface area contributed by atoms with Gasteiger partial charge in [-0.2, -0.15) is 0 Å². The van der Waals surface area contributed by atoms with E-state index in [4.69, 9.17) is 0 Å². The van der Waals surface area contributed by atoms with Crippen LogP contribution in [0, 0.1) is 5.82 Å². The van der Waals surface area contributed by atoms with E-state index < -0.39 is 0 Å². The van der Waals surface area contributed by atoms with Crippen molar-refractivity contribution in [3.05, 3.63) is 101 Å². The van der Waals surface area contributed by atoms with Crippen molar-refractivity contribution in [2.24, 2.45) is 0 Å². The molecule has 2 heterocycles.